The van der Waals surface area contributed by atoms with Gasteiger partial charge in [0.1, 0.15) is 5.82 Å². The second kappa shape index (κ2) is 5.52. The van der Waals surface area contributed by atoms with E-state index in [9.17, 15) is 9.18 Å². The predicted octanol–water partition coefficient (Wildman–Crippen LogP) is 3.70. The lowest BCUT2D eigenvalue weighted by Gasteiger charge is -2.17. The summed E-state index contributed by atoms with van der Waals surface area (Å²) in [5.74, 6) is -1.30. The van der Waals surface area contributed by atoms with Crippen LogP contribution < -0.4 is 5.32 Å². The van der Waals surface area contributed by atoms with Gasteiger partial charge in [0.15, 0.2) is 0 Å². The average molecular weight is 259 g/mol. The van der Waals surface area contributed by atoms with Gasteiger partial charge in [0, 0.05) is 11.7 Å². The lowest BCUT2D eigenvalue weighted by atomic mass is 10.1. The summed E-state index contributed by atoms with van der Waals surface area (Å²) >= 11 is 0. The van der Waals surface area contributed by atoms with E-state index in [-0.39, 0.29) is 17.4 Å². The maximum absolute atomic E-state index is 13.2. The van der Waals surface area contributed by atoms with Gasteiger partial charge >= 0.3 is 5.97 Å². The van der Waals surface area contributed by atoms with Crippen LogP contribution in [-0.4, -0.2) is 11.1 Å². The summed E-state index contributed by atoms with van der Waals surface area (Å²) in [6, 6.07) is 12.7. The summed E-state index contributed by atoms with van der Waals surface area (Å²) in [7, 11) is 0. The Morgan fingerprint density at radius 2 is 1.95 bits per heavy atom. The fraction of sp³-hybridized carbons (Fsp3) is 0.133. The molecule has 2 N–H and O–H groups in total. The van der Waals surface area contributed by atoms with Crippen LogP contribution in [0.4, 0.5) is 10.1 Å². The highest BCUT2D eigenvalue weighted by Gasteiger charge is 2.12. The molecule has 4 heteroatoms. The Bertz CT molecular complexity index is 598. The normalized spacial score (nSPS) is 11.9. The lowest BCUT2D eigenvalue weighted by Crippen LogP contribution is -2.10. The molecule has 0 heterocycles. The number of benzene rings is 2. The molecule has 3 nitrogen and oxygen atoms in total. The summed E-state index contributed by atoms with van der Waals surface area (Å²) in [6.45, 7) is 1.85. The molecule has 0 saturated carbocycles. The van der Waals surface area contributed by atoms with Crippen molar-refractivity contribution in [1.82, 2.24) is 0 Å². The molecule has 0 fully saturated rings. The zero-order chi connectivity index (χ0) is 13.8. The van der Waals surface area contributed by atoms with Gasteiger partial charge in [-0.25, -0.2) is 9.18 Å². The molecule has 2 rings (SSSR count). The molecule has 0 aromatic heterocycles. The number of hydrogen-bond donors (Lipinski definition) is 2. The fourth-order valence-corrected chi connectivity index (χ4v) is 1.89. The standard InChI is InChI=1S/C15H14FNO2/c1-10(11-5-4-6-12(16)9-11)17-14-8-3-2-7-13(14)15(18)19/h2-10,17H,1H3,(H,18,19). The van der Waals surface area contributed by atoms with Crippen LogP contribution in [0.3, 0.4) is 0 Å². The number of carboxylic acid groups (broad SMARTS) is 1. The highest BCUT2D eigenvalue weighted by Crippen LogP contribution is 2.22. The number of anilines is 1. The van der Waals surface area contributed by atoms with Crippen molar-refractivity contribution >= 4 is 11.7 Å². The number of carboxylic acids is 1. The Morgan fingerprint density at radius 1 is 1.21 bits per heavy atom. The Kier molecular flexibility index (Phi) is 3.80. The molecule has 0 aliphatic heterocycles. The highest BCUT2D eigenvalue weighted by atomic mass is 19.1. The van der Waals surface area contributed by atoms with Crippen molar-refractivity contribution in [2.45, 2.75) is 13.0 Å². The SMILES string of the molecule is CC(Nc1ccccc1C(=O)O)c1cccc(F)c1. The van der Waals surface area contributed by atoms with Crippen LogP contribution in [0.1, 0.15) is 28.9 Å². The average Bonchev–Trinajstić information content (AvgIpc) is 2.39. The zero-order valence-electron chi connectivity index (χ0n) is 10.4. The monoisotopic (exact) mass is 259 g/mol. The van der Waals surface area contributed by atoms with Crippen molar-refractivity contribution in [3.05, 3.63) is 65.5 Å². The van der Waals surface area contributed by atoms with Crippen molar-refractivity contribution in [2.24, 2.45) is 0 Å². The number of nitrogens with one attached hydrogen (secondary N) is 1. The Hall–Kier alpha value is -2.36. The van der Waals surface area contributed by atoms with Crippen LogP contribution in [-0.2, 0) is 0 Å². The number of para-hydroxylation sites is 1. The lowest BCUT2D eigenvalue weighted by molar-refractivity contribution is 0.0698. The van der Waals surface area contributed by atoms with Gasteiger partial charge in [0.25, 0.3) is 0 Å². The number of rotatable bonds is 4. The van der Waals surface area contributed by atoms with Crippen LogP contribution in [0.2, 0.25) is 0 Å². The minimum absolute atomic E-state index is 0.184. The van der Waals surface area contributed by atoms with Crippen molar-refractivity contribution in [3.63, 3.8) is 0 Å². The van der Waals surface area contributed by atoms with Crippen molar-refractivity contribution in [1.29, 1.82) is 0 Å². The van der Waals surface area contributed by atoms with Gasteiger partial charge in [-0.3, -0.25) is 0 Å². The van der Waals surface area contributed by atoms with E-state index in [1.807, 2.05) is 6.92 Å². The van der Waals surface area contributed by atoms with E-state index in [0.29, 0.717) is 5.69 Å². The second-order valence-corrected chi connectivity index (χ2v) is 4.27. The van der Waals surface area contributed by atoms with Gasteiger partial charge in [0.05, 0.1) is 5.56 Å². The summed E-state index contributed by atoms with van der Waals surface area (Å²) < 4.78 is 13.2. The van der Waals surface area contributed by atoms with Crippen LogP contribution >= 0.6 is 0 Å². The minimum Gasteiger partial charge on any atom is -0.478 e. The molecule has 0 amide bonds. The summed E-state index contributed by atoms with van der Waals surface area (Å²) in [6.07, 6.45) is 0. The molecule has 1 atom stereocenters. The van der Waals surface area contributed by atoms with Gasteiger partial charge < -0.3 is 10.4 Å². The molecular formula is C15H14FNO2. The number of halogens is 1. The first kappa shape index (κ1) is 13.1. The molecule has 19 heavy (non-hydrogen) atoms. The summed E-state index contributed by atoms with van der Waals surface area (Å²) in [5.41, 5.74) is 1.48. The van der Waals surface area contributed by atoms with Crippen molar-refractivity contribution < 1.29 is 14.3 Å². The van der Waals surface area contributed by atoms with Gasteiger partial charge in [-0.05, 0) is 36.8 Å². The molecule has 2 aromatic rings. The maximum atomic E-state index is 13.2. The first-order valence-corrected chi connectivity index (χ1v) is 5.92. The van der Waals surface area contributed by atoms with E-state index in [1.165, 1.54) is 18.2 Å². The molecule has 2 aromatic carbocycles. The quantitative estimate of drug-likeness (QED) is 0.880. The van der Waals surface area contributed by atoms with E-state index < -0.39 is 5.97 Å². The zero-order valence-corrected chi connectivity index (χ0v) is 10.4. The Morgan fingerprint density at radius 3 is 2.63 bits per heavy atom. The first-order chi connectivity index (χ1) is 9.08. The first-order valence-electron chi connectivity index (χ1n) is 5.92. The molecule has 0 bridgehead atoms. The van der Waals surface area contributed by atoms with Crippen LogP contribution in [0, 0.1) is 5.82 Å². The number of hydrogen-bond acceptors (Lipinski definition) is 2. The molecule has 0 aliphatic rings. The highest BCUT2D eigenvalue weighted by molar-refractivity contribution is 5.94. The van der Waals surface area contributed by atoms with E-state index in [4.69, 9.17) is 5.11 Å². The third-order valence-electron chi connectivity index (χ3n) is 2.88. The second-order valence-electron chi connectivity index (χ2n) is 4.27. The van der Waals surface area contributed by atoms with Crippen LogP contribution in [0.25, 0.3) is 0 Å². The van der Waals surface area contributed by atoms with Gasteiger partial charge in [-0.2, -0.15) is 0 Å². The van der Waals surface area contributed by atoms with Crippen molar-refractivity contribution in [2.75, 3.05) is 5.32 Å². The van der Waals surface area contributed by atoms with E-state index in [2.05, 4.69) is 5.32 Å². The molecule has 0 radical (unpaired) electrons. The maximum Gasteiger partial charge on any atom is 0.337 e. The minimum atomic E-state index is -0.991. The summed E-state index contributed by atoms with van der Waals surface area (Å²) in [4.78, 5) is 11.1. The fourth-order valence-electron chi connectivity index (χ4n) is 1.89. The Labute approximate surface area is 110 Å². The number of carbonyl (C=O) groups is 1. The van der Waals surface area contributed by atoms with E-state index in [1.54, 1.807) is 30.3 Å². The third-order valence-corrected chi connectivity index (χ3v) is 2.88. The third kappa shape index (κ3) is 3.10. The summed E-state index contributed by atoms with van der Waals surface area (Å²) in [5, 5.41) is 12.2. The van der Waals surface area contributed by atoms with E-state index in [0.717, 1.165) is 5.56 Å². The number of aromatic carboxylic acids is 1. The van der Waals surface area contributed by atoms with E-state index >= 15 is 0 Å². The smallest absolute Gasteiger partial charge is 0.337 e. The molecule has 98 valence electrons. The topological polar surface area (TPSA) is 49.3 Å². The van der Waals surface area contributed by atoms with Crippen LogP contribution in [0.5, 0.6) is 0 Å². The molecule has 1 unspecified atom stereocenters. The van der Waals surface area contributed by atoms with Crippen LogP contribution in [0.15, 0.2) is 48.5 Å². The Balaban J connectivity index is 2.24. The largest absolute Gasteiger partial charge is 0.478 e. The van der Waals surface area contributed by atoms with Gasteiger partial charge in [-0.1, -0.05) is 24.3 Å². The molecule has 0 saturated heterocycles. The molecule has 0 spiro atoms. The predicted molar refractivity (Wildman–Crippen MR) is 71.8 cm³/mol. The molecule has 0 aliphatic carbocycles. The van der Waals surface area contributed by atoms with Crippen molar-refractivity contribution in [3.8, 4) is 0 Å². The van der Waals surface area contributed by atoms with Gasteiger partial charge in [-0.15, -0.1) is 0 Å². The van der Waals surface area contributed by atoms with Gasteiger partial charge in [0.2, 0.25) is 0 Å². The molecular weight excluding hydrogens is 245 g/mol.